The van der Waals surface area contributed by atoms with E-state index in [-0.39, 0.29) is 5.91 Å². The molecule has 2 aromatic rings. The maximum Gasteiger partial charge on any atom is 0.273 e. The van der Waals surface area contributed by atoms with Crippen LogP contribution in [0.5, 0.6) is 0 Å². The molecule has 0 aromatic heterocycles. The van der Waals surface area contributed by atoms with Crippen molar-refractivity contribution in [3.05, 3.63) is 64.7 Å². The van der Waals surface area contributed by atoms with Gasteiger partial charge in [-0.3, -0.25) is 4.79 Å². The summed E-state index contributed by atoms with van der Waals surface area (Å²) >= 11 is 7.71. The number of carbonyl (C=O) groups is 1. The molecule has 1 heterocycles. The van der Waals surface area contributed by atoms with Crippen molar-refractivity contribution >= 4 is 40.1 Å². The lowest BCUT2D eigenvalue weighted by Gasteiger charge is -2.20. The number of hydrogen-bond acceptors (Lipinski definition) is 4. The first-order chi connectivity index (χ1) is 10.7. The van der Waals surface area contributed by atoms with Crippen molar-refractivity contribution in [2.45, 2.75) is 5.75 Å². The Morgan fingerprint density at radius 1 is 1.18 bits per heavy atom. The van der Waals surface area contributed by atoms with Crippen LogP contribution in [0, 0.1) is 0 Å². The molecule has 112 valence electrons. The third-order valence-electron chi connectivity index (χ3n) is 3.36. The van der Waals surface area contributed by atoms with Gasteiger partial charge in [-0.2, -0.15) is 0 Å². The highest BCUT2D eigenvalue weighted by molar-refractivity contribution is 8.13. The van der Waals surface area contributed by atoms with E-state index in [0.29, 0.717) is 11.3 Å². The Bertz CT molecular complexity index is 748. The lowest BCUT2D eigenvalue weighted by Crippen LogP contribution is -2.24. The van der Waals surface area contributed by atoms with Crippen molar-refractivity contribution < 1.29 is 4.79 Å². The molecule has 0 saturated heterocycles. The first-order valence-electron chi connectivity index (χ1n) is 6.74. The second-order valence-corrected chi connectivity index (χ2v) is 6.14. The summed E-state index contributed by atoms with van der Waals surface area (Å²) in [5.74, 6) is 0.483. The number of halogens is 1. The highest BCUT2D eigenvalue weighted by Gasteiger charge is 2.21. The van der Waals surface area contributed by atoms with E-state index >= 15 is 0 Å². The van der Waals surface area contributed by atoms with Gasteiger partial charge in [0.2, 0.25) is 0 Å². The molecule has 0 radical (unpaired) electrons. The number of hydrogen-bond donors (Lipinski definition) is 1. The van der Waals surface area contributed by atoms with E-state index in [1.165, 1.54) is 11.8 Å². The average Bonchev–Trinajstić information content (AvgIpc) is 2.66. The number of amides is 1. The van der Waals surface area contributed by atoms with Gasteiger partial charge in [0.15, 0.2) is 5.17 Å². The molecule has 3 rings (SSSR count). The quantitative estimate of drug-likeness (QED) is 0.912. The molecule has 1 N–H and O–H groups in total. The number of benzene rings is 2. The summed E-state index contributed by atoms with van der Waals surface area (Å²) in [6, 6.07) is 15.2. The number of fused-ring (bicyclic) bond motifs is 1. The van der Waals surface area contributed by atoms with Gasteiger partial charge < -0.3 is 4.90 Å². The number of amidine groups is 1. The molecule has 1 aliphatic heterocycles. The lowest BCUT2D eigenvalue weighted by molar-refractivity contribution is 0.0956. The van der Waals surface area contributed by atoms with Gasteiger partial charge >= 0.3 is 0 Å². The van der Waals surface area contributed by atoms with Crippen molar-refractivity contribution in [1.82, 2.24) is 5.43 Å². The van der Waals surface area contributed by atoms with Crippen LogP contribution in [0.15, 0.2) is 53.6 Å². The highest BCUT2D eigenvalue weighted by atomic mass is 35.5. The summed E-state index contributed by atoms with van der Waals surface area (Å²) in [7, 11) is 1.90. The predicted octanol–water partition coefficient (Wildman–Crippen LogP) is 3.72. The van der Waals surface area contributed by atoms with Crippen molar-refractivity contribution in [3.63, 3.8) is 0 Å². The van der Waals surface area contributed by atoms with Crippen LogP contribution in [-0.4, -0.2) is 18.1 Å². The van der Waals surface area contributed by atoms with E-state index in [2.05, 4.69) is 10.5 Å². The predicted molar refractivity (Wildman–Crippen MR) is 92.5 cm³/mol. The first kappa shape index (κ1) is 14.9. The van der Waals surface area contributed by atoms with Crippen LogP contribution in [0.25, 0.3) is 0 Å². The summed E-state index contributed by atoms with van der Waals surface area (Å²) in [5, 5.41) is 5.66. The molecular formula is C16H14ClN3OS. The lowest BCUT2D eigenvalue weighted by atomic mass is 10.1. The second-order valence-electron chi connectivity index (χ2n) is 4.79. The number of hydrazone groups is 1. The van der Waals surface area contributed by atoms with E-state index in [9.17, 15) is 4.79 Å². The molecule has 22 heavy (non-hydrogen) atoms. The summed E-state index contributed by atoms with van der Waals surface area (Å²) < 4.78 is 0. The SMILES string of the molecule is CN1C(SCc2ccccc2Cl)=NNC(=O)c2ccccc21. The second kappa shape index (κ2) is 6.42. The van der Waals surface area contributed by atoms with Gasteiger partial charge in [0.25, 0.3) is 5.91 Å². The largest absolute Gasteiger partial charge is 0.322 e. The van der Waals surface area contributed by atoms with Gasteiger partial charge in [-0.25, -0.2) is 5.43 Å². The van der Waals surface area contributed by atoms with E-state index in [1.54, 1.807) is 6.07 Å². The number of para-hydroxylation sites is 1. The fourth-order valence-corrected chi connectivity index (χ4v) is 3.40. The Kier molecular flexibility index (Phi) is 4.36. The maximum atomic E-state index is 12.0. The van der Waals surface area contributed by atoms with Crippen molar-refractivity contribution in [2.75, 3.05) is 11.9 Å². The van der Waals surface area contributed by atoms with Crippen LogP contribution < -0.4 is 10.3 Å². The molecule has 2 aromatic carbocycles. The monoisotopic (exact) mass is 331 g/mol. The van der Waals surface area contributed by atoms with Crippen molar-refractivity contribution in [1.29, 1.82) is 0 Å². The number of nitrogens with zero attached hydrogens (tertiary/aromatic N) is 2. The van der Waals surface area contributed by atoms with E-state index in [0.717, 1.165) is 21.4 Å². The Balaban J connectivity index is 1.83. The van der Waals surface area contributed by atoms with Crippen LogP contribution in [0.2, 0.25) is 5.02 Å². The minimum absolute atomic E-state index is 0.198. The third-order valence-corrected chi connectivity index (χ3v) is 4.81. The Hall–Kier alpha value is -1.98. The number of nitrogens with one attached hydrogen (secondary N) is 1. The smallest absolute Gasteiger partial charge is 0.273 e. The summed E-state index contributed by atoms with van der Waals surface area (Å²) in [6.45, 7) is 0. The topological polar surface area (TPSA) is 44.7 Å². The maximum absolute atomic E-state index is 12.0. The molecule has 0 saturated carbocycles. The highest BCUT2D eigenvalue weighted by Crippen LogP contribution is 2.27. The number of carbonyl (C=O) groups excluding carboxylic acids is 1. The summed E-state index contributed by atoms with van der Waals surface area (Å²) in [5.41, 5.74) is 5.07. The minimum Gasteiger partial charge on any atom is -0.322 e. The van der Waals surface area contributed by atoms with Crippen LogP contribution in [0.4, 0.5) is 5.69 Å². The van der Waals surface area contributed by atoms with Crippen molar-refractivity contribution in [3.8, 4) is 0 Å². The van der Waals surface area contributed by atoms with Gasteiger partial charge in [-0.15, -0.1) is 5.10 Å². The van der Waals surface area contributed by atoms with E-state index < -0.39 is 0 Å². The number of rotatable bonds is 2. The van der Waals surface area contributed by atoms with E-state index in [1.807, 2.05) is 54.4 Å². The normalized spacial score (nSPS) is 14.0. The van der Waals surface area contributed by atoms with Crippen LogP contribution >= 0.6 is 23.4 Å². The number of thioether (sulfide) groups is 1. The standard InChI is InChI=1S/C16H14ClN3OS/c1-20-14-9-5-3-7-12(14)15(21)18-19-16(20)22-10-11-6-2-4-8-13(11)17/h2-9H,10H2,1H3,(H,18,21). The molecule has 0 spiro atoms. The molecule has 1 amide bonds. The zero-order valence-corrected chi connectivity index (χ0v) is 13.5. The Morgan fingerprint density at radius 3 is 2.73 bits per heavy atom. The molecule has 0 unspecified atom stereocenters. The molecule has 0 bridgehead atoms. The number of anilines is 1. The van der Waals surface area contributed by atoms with Crippen LogP contribution in [-0.2, 0) is 5.75 Å². The van der Waals surface area contributed by atoms with Gasteiger partial charge in [0.1, 0.15) is 0 Å². The molecule has 1 aliphatic rings. The fourth-order valence-electron chi connectivity index (χ4n) is 2.18. The van der Waals surface area contributed by atoms with Gasteiger partial charge in [-0.1, -0.05) is 53.7 Å². The molecule has 0 atom stereocenters. The van der Waals surface area contributed by atoms with Gasteiger partial charge in [0.05, 0.1) is 11.3 Å². The van der Waals surface area contributed by atoms with Crippen LogP contribution in [0.1, 0.15) is 15.9 Å². The molecular weight excluding hydrogens is 318 g/mol. The summed E-state index contributed by atoms with van der Waals surface area (Å²) in [6.07, 6.45) is 0. The van der Waals surface area contributed by atoms with Gasteiger partial charge in [0, 0.05) is 17.8 Å². The fraction of sp³-hybridized carbons (Fsp3) is 0.125. The minimum atomic E-state index is -0.198. The molecule has 6 heteroatoms. The molecule has 4 nitrogen and oxygen atoms in total. The first-order valence-corrected chi connectivity index (χ1v) is 8.10. The third kappa shape index (κ3) is 2.96. The van der Waals surface area contributed by atoms with Crippen molar-refractivity contribution in [2.24, 2.45) is 5.10 Å². The zero-order valence-electron chi connectivity index (χ0n) is 11.9. The molecule has 0 aliphatic carbocycles. The average molecular weight is 332 g/mol. The summed E-state index contributed by atoms with van der Waals surface area (Å²) in [4.78, 5) is 14.0. The van der Waals surface area contributed by atoms with Gasteiger partial charge in [-0.05, 0) is 23.8 Å². The Morgan fingerprint density at radius 2 is 1.91 bits per heavy atom. The van der Waals surface area contributed by atoms with Crippen LogP contribution in [0.3, 0.4) is 0 Å². The van der Waals surface area contributed by atoms with E-state index in [4.69, 9.17) is 11.6 Å². The zero-order chi connectivity index (χ0) is 15.5. The molecule has 0 fully saturated rings. The Labute approximate surface area is 138 Å².